The van der Waals surface area contributed by atoms with Crippen molar-refractivity contribution in [3.63, 3.8) is 0 Å². The van der Waals surface area contributed by atoms with E-state index < -0.39 is 0 Å². The number of aromatic nitrogens is 1. The molecule has 0 saturated carbocycles. The van der Waals surface area contributed by atoms with E-state index in [2.05, 4.69) is 33.9 Å². The van der Waals surface area contributed by atoms with Gasteiger partial charge in [-0.15, -0.1) is 0 Å². The first-order valence-electron chi connectivity index (χ1n) is 13.7. The van der Waals surface area contributed by atoms with Gasteiger partial charge < -0.3 is 29.6 Å². The summed E-state index contributed by atoms with van der Waals surface area (Å²) in [5, 5.41) is 4.02. The number of ether oxygens (including phenoxy) is 2. The van der Waals surface area contributed by atoms with Crippen molar-refractivity contribution in [3.05, 3.63) is 24.3 Å². The first kappa shape index (κ1) is 24.4. The number of piperidine rings is 3. The number of amides is 1. The molecule has 2 aromatic rings. The van der Waals surface area contributed by atoms with Gasteiger partial charge in [-0.25, -0.2) is 4.79 Å². The van der Waals surface area contributed by atoms with Crippen LogP contribution in [0, 0.1) is 11.8 Å². The largest absolute Gasteiger partial charge is 0.493 e. The molecule has 0 bridgehead atoms. The van der Waals surface area contributed by atoms with Crippen LogP contribution in [0.25, 0.3) is 10.9 Å². The van der Waals surface area contributed by atoms with Crippen molar-refractivity contribution in [1.29, 1.82) is 0 Å². The minimum atomic E-state index is -0.384. The Kier molecular flexibility index (Phi) is 7.83. The van der Waals surface area contributed by atoms with Crippen LogP contribution in [0.3, 0.4) is 0 Å². The van der Waals surface area contributed by atoms with E-state index in [1.165, 1.54) is 51.7 Å². The number of likely N-dealkylation sites (tertiary alicyclic amines) is 1. The summed E-state index contributed by atoms with van der Waals surface area (Å²) in [7, 11) is 0. The number of carbonyl (C=O) groups excluding carboxylic acids is 1. The van der Waals surface area contributed by atoms with Gasteiger partial charge in [0.25, 0.3) is 0 Å². The lowest BCUT2D eigenvalue weighted by molar-refractivity contribution is 0.0353. The molecule has 1 amide bonds. The van der Waals surface area contributed by atoms with Gasteiger partial charge in [-0.2, -0.15) is 0 Å². The molecule has 0 spiro atoms. The van der Waals surface area contributed by atoms with Crippen LogP contribution in [0.2, 0.25) is 0 Å². The van der Waals surface area contributed by atoms with Gasteiger partial charge in [0.15, 0.2) is 0 Å². The van der Waals surface area contributed by atoms with Crippen LogP contribution in [0.4, 0.5) is 4.79 Å². The van der Waals surface area contributed by atoms with Crippen LogP contribution in [0.5, 0.6) is 11.6 Å². The molecule has 35 heavy (non-hydrogen) atoms. The van der Waals surface area contributed by atoms with Gasteiger partial charge in [-0.05, 0) is 75.6 Å². The number of carbonyl (C=O) groups is 1. The number of fused-ring (bicyclic) bond motifs is 2. The molecule has 3 fully saturated rings. The van der Waals surface area contributed by atoms with E-state index in [0.29, 0.717) is 18.4 Å². The summed E-state index contributed by atoms with van der Waals surface area (Å²) in [6.45, 7) is 10.8. The quantitative estimate of drug-likeness (QED) is 0.580. The summed E-state index contributed by atoms with van der Waals surface area (Å²) < 4.78 is 11.5. The van der Waals surface area contributed by atoms with Crippen LogP contribution in [0.1, 0.15) is 58.8 Å². The zero-order valence-electron chi connectivity index (χ0n) is 21.4. The topological polar surface area (TPSA) is 69.8 Å². The third kappa shape index (κ3) is 6.12. The van der Waals surface area contributed by atoms with Crippen molar-refractivity contribution in [3.8, 4) is 11.6 Å². The number of rotatable bonds is 7. The molecule has 0 aliphatic carbocycles. The second kappa shape index (κ2) is 11.2. The van der Waals surface area contributed by atoms with Crippen LogP contribution >= 0.6 is 0 Å². The van der Waals surface area contributed by atoms with Gasteiger partial charge >= 0.3 is 6.09 Å². The Morgan fingerprint density at radius 3 is 2.74 bits per heavy atom. The number of H-pyrrole nitrogens is 1. The number of hydrogen-bond acceptors (Lipinski definition) is 5. The number of nitrogens with one attached hydrogen (secondary N) is 2. The lowest BCUT2D eigenvalue weighted by Crippen LogP contribution is -2.52. The Morgan fingerprint density at radius 2 is 1.91 bits per heavy atom. The van der Waals surface area contributed by atoms with E-state index in [4.69, 9.17) is 9.47 Å². The summed E-state index contributed by atoms with van der Waals surface area (Å²) in [6.07, 6.45) is 8.46. The van der Waals surface area contributed by atoms with E-state index in [9.17, 15) is 4.79 Å². The van der Waals surface area contributed by atoms with E-state index in [1.54, 1.807) is 0 Å². The van der Waals surface area contributed by atoms with Gasteiger partial charge in [-0.1, -0.05) is 26.3 Å². The summed E-state index contributed by atoms with van der Waals surface area (Å²) in [6, 6.07) is 8.70. The normalized spacial score (nSPS) is 24.4. The maximum Gasteiger partial charge on any atom is 0.414 e. The lowest BCUT2D eigenvalue weighted by atomic mass is 9.83. The van der Waals surface area contributed by atoms with Crippen molar-refractivity contribution in [1.82, 2.24) is 20.1 Å². The highest BCUT2D eigenvalue weighted by Gasteiger charge is 2.34. The van der Waals surface area contributed by atoms with Gasteiger partial charge in [-0.3, -0.25) is 0 Å². The maximum atomic E-state index is 12.6. The monoisotopic (exact) mass is 482 g/mol. The molecule has 5 rings (SSSR count). The Morgan fingerprint density at radius 1 is 1.09 bits per heavy atom. The number of hydrogen-bond donors (Lipinski definition) is 2. The Hall–Kier alpha value is -2.25. The van der Waals surface area contributed by atoms with Gasteiger partial charge in [0, 0.05) is 43.2 Å². The molecule has 7 heteroatoms. The number of benzene rings is 1. The SMILES string of the molecule is CC(C)COc1cccc2[nH]c(OC(=O)NC3CCN(CC4CCCN5CCCCC45)CC3)cc12. The third-order valence-electron chi connectivity index (χ3n) is 8.01. The summed E-state index contributed by atoms with van der Waals surface area (Å²) in [5.74, 6) is 2.52. The molecule has 3 aliphatic rings. The van der Waals surface area contributed by atoms with Crippen molar-refractivity contribution in [2.45, 2.75) is 70.9 Å². The van der Waals surface area contributed by atoms with E-state index in [-0.39, 0.29) is 12.1 Å². The van der Waals surface area contributed by atoms with Crippen LogP contribution in [0.15, 0.2) is 24.3 Å². The molecule has 1 aromatic carbocycles. The van der Waals surface area contributed by atoms with Gasteiger partial charge in [0.05, 0.1) is 12.1 Å². The molecule has 4 heterocycles. The molecule has 1 aromatic heterocycles. The minimum absolute atomic E-state index is 0.172. The predicted octanol–water partition coefficient (Wildman–Crippen LogP) is 5.02. The second-order valence-electron chi connectivity index (χ2n) is 11.2. The van der Waals surface area contributed by atoms with Crippen LogP contribution in [-0.2, 0) is 0 Å². The van der Waals surface area contributed by atoms with Crippen LogP contribution in [-0.4, -0.2) is 72.3 Å². The molecule has 3 aliphatic heterocycles. The van der Waals surface area contributed by atoms with Crippen molar-refractivity contribution >= 4 is 17.0 Å². The zero-order valence-corrected chi connectivity index (χ0v) is 21.4. The van der Waals surface area contributed by atoms with Crippen molar-refractivity contribution in [2.24, 2.45) is 11.8 Å². The highest BCUT2D eigenvalue weighted by Crippen LogP contribution is 2.32. The molecular weight excluding hydrogens is 440 g/mol. The number of nitrogens with zero attached hydrogens (tertiary/aromatic N) is 2. The van der Waals surface area contributed by atoms with E-state index >= 15 is 0 Å². The molecule has 3 saturated heterocycles. The second-order valence-corrected chi connectivity index (χ2v) is 11.2. The molecule has 2 N–H and O–H groups in total. The fraction of sp³-hybridized carbons (Fsp3) is 0.679. The van der Waals surface area contributed by atoms with Crippen molar-refractivity contribution in [2.75, 3.05) is 39.3 Å². The molecule has 192 valence electrons. The molecule has 2 atom stereocenters. The van der Waals surface area contributed by atoms with Gasteiger partial charge in [0.2, 0.25) is 5.88 Å². The smallest absolute Gasteiger partial charge is 0.414 e. The Bertz CT molecular complexity index is 980. The average Bonchev–Trinajstić information content (AvgIpc) is 3.27. The third-order valence-corrected chi connectivity index (χ3v) is 8.01. The summed E-state index contributed by atoms with van der Waals surface area (Å²) in [4.78, 5) is 21.2. The highest BCUT2D eigenvalue weighted by atomic mass is 16.6. The fourth-order valence-electron chi connectivity index (χ4n) is 6.22. The standard InChI is InChI=1S/C28H42N4O3/c1-20(2)19-34-26-10-5-8-24-23(26)17-27(30-24)35-28(33)29-22-11-15-31(16-12-22)18-21-7-6-14-32-13-4-3-9-25(21)32/h5,8,10,17,20-22,25,30H,3-4,6-7,9,11-16,18-19H2,1-2H3,(H,29,33). The lowest BCUT2D eigenvalue weighted by Gasteiger charge is -2.46. The molecular formula is C28H42N4O3. The summed E-state index contributed by atoms with van der Waals surface area (Å²) in [5.41, 5.74) is 0.904. The number of aromatic amines is 1. The maximum absolute atomic E-state index is 12.6. The molecule has 7 nitrogen and oxygen atoms in total. The molecule has 2 unspecified atom stereocenters. The zero-order chi connectivity index (χ0) is 24.2. The fourth-order valence-corrected chi connectivity index (χ4v) is 6.22. The Labute approximate surface area is 209 Å². The first-order chi connectivity index (χ1) is 17.0. The van der Waals surface area contributed by atoms with Gasteiger partial charge in [0.1, 0.15) is 5.75 Å². The summed E-state index contributed by atoms with van der Waals surface area (Å²) >= 11 is 0. The van der Waals surface area contributed by atoms with E-state index in [0.717, 1.165) is 54.5 Å². The molecule has 0 radical (unpaired) electrons. The Balaban J connectivity index is 1.09. The minimum Gasteiger partial charge on any atom is -0.493 e. The first-order valence-corrected chi connectivity index (χ1v) is 13.7. The highest BCUT2D eigenvalue weighted by molar-refractivity contribution is 5.88. The average molecular weight is 483 g/mol. The predicted molar refractivity (Wildman–Crippen MR) is 139 cm³/mol. The van der Waals surface area contributed by atoms with Crippen LogP contribution < -0.4 is 14.8 Å². The van der Waals surface area contributed by atoms with Crippen molar-refractivity contribution < 1.29 is 14.3 Å². The van der Waals surface area contributed by atoms with E-state index in [1.807, 2.05) is 24.3 Å².